The molecule has 1 amide bonds. The van der Waals surface area contributed by atoms with E-state index in [1.165, 1.54) is 25.9 Å². The molecule has 0 radical (unpaired) electrons. The summed E-state index contributed by atoms with van der Waals surface area (Å²) in [5.41, 5.74) is 5.86. The molecule has 2 N–H and O–H groups in total. The number of nitrogens with two attached hydrogens (primary N) is 1. The lowest BCUT2D eigenvalue weighted by Crippen LogP contribution is -2.48. The number of primary amides is 1. The molecule has 8 heteroatoms. The van der Waals surface area contributed by atoms with E-state index >= 15 is 0 Å². The second kappa shape index (κ2) is 6.60. The Hall–Kier alpha value is -2.61. The van der Waals surface area contributed by atoms with Crippen molar-refractivity contribution < 1.29 is 19.1 Å². The second-order valence-corrected chi connectivity index (χ2v) is 7.02. The lowest BCUT2D eigenvalue weighted by molar-refractivity contribution is 0.0409. The van der Waals surface area contributed by atoms with Crippen LogP contribution >= 0.6 is 0 Å². The van der Waals surface area contributed by atoms with Gasteiger partial charge in [0.2, 0.25) is 0 Å². The molecule has 3 aliphatic heterocycles. The number of hydrogen-bond donors (Lipinski definition) is 1. The quantitative estimate of drug-likeness (QED) is 0.659. The Kier molecular flexibility index (Phi) is 4.28. The van der Waals surface area contributed by atoms with Gasteiger partial charge in [0.25, 0.3) is 0 Å². The molecule has 1 unspecified atom stereocenters. The third kappa shape index (κ3) is 3.01. The van der Waals surface area contributed by atoms with Crippen LogP contribution in [0.25, 0.3) is 10.9 Å². The summed E-state index contributed by atoms with van der Waals surface area (Å²) < 4.78 is 11.7. The molecule has 1 aromatic heterocycles. The average Bonchev–Trinajstić information content (AvgIpc) is 3.00. The number of carbonyl (C=O) groups is 2. The predicted octanol–water partition coefficient (Wildman–Crippen LogP) is 1.62. The van der Waals surface area contributed by atoms with Crippen molar-refractivity contribution in [3.8, 4) is 5.75 Å². The first-order chi connectivity index (χ1) is 12.5. The van der Waals surface area contributed by atoms with Crippen LogP contribution < -0.4 is 10.5 Å². The van der Waals surface area contributed by atoms with Crippen molar-refractivity contribution in [2.45, 2.75) is 19.4 Å². The van der Waals surface area contributed by atoms with Crippen LogP contribution in [-0.2, 0) is 11.3 Å². The van der Waals surface area contributed by atoms with Crippen molar-refractivity contribution in [2.24, 2.45) is 17.6 Å². The minimum absolute atomic E-state index is 0.0997. The second-order valence-electron chi connectivity index (χ2n) is 7.02. The van der Waals surface area contributed by atoms with Gasteiger partial charge in [-0.2, -0.15) is 5.10 Å². The van der Waals surface area contributed by atoms with Crippen LogP contribution in [0.2, 0.25) is 0 Å². The van der Waals surface area contributed by atoms with Crippen LogP contribution in [0.1, 0.15) is 23.3 Å². The van der Waals surface area contributed by atoms with E-state index in [1.54, 1.807) is 19.2 Å². The van der Waals surface area contributed by atoms with Crippen molar-refractivity contribution in [3.63, 3.8) is 0 Å². The Balaban J connectivity index is 1.70. The maximum atomic E-state index is 12.2. The van der Waals surface area contributed by atoms with Gasteiger partial charge in [-0.15, -0.1) is 0 Å². The van der Waals surface area contributed by atoms with Gasteiger partial charge in [0.05, 0.1) is 12.6 Å². The molecule has 1 aromatic carbocycles. The monoisotopic (exact) mass is 358 g/mol. The SMILES string of the molecule is COc1ccc2c(C(=O)OC(N)=O)nn(CC3CN4CCC3CC4)c2c1. The summed E-state index contributed by atoms with van der Waals surface area (Å²) in [5.74, 6) is 1.03. The Morgan fingerprint density at radius 1 is 1.31 bits per heavy atom. The Bertz CT molecular complexity index is 854. The van der Waals surface area contributed by atoms with E-state index in [2.05, 4.69) is 14.7 Å². The van der Waals surface area contributed by atoms with Gasteiger partial charge in [-0.25, -0.2) is 9.59 Å². The fourth-order valence-corrected chi connectivity index (χ4v) is 4.23. The number of carbonyl (C=O) groups excluding carboxylic acids is 2. The molecule has 1 atom stereocenters. The van der Waals surface area contributed by atoms with Gasteiger partial charge in [0, 0.05) is 24.5 Å². The highest BCUT2D eigenvalue weighted by molar-refractivity contribution is 6.05. The standard InChI is InChI=1S/C18H22N4O4/c1-25-13-2-3-14-15(8-13)22(20-16(14)17(23)26-18(19)24)10-12-9-21-6-4-11(12)5-7-21/h2-3,8,11-12H,4-7,9-10H2,1H3,(H2,19,24). The smallest absolute Gasteiger partial charge is 0.412 e. The topological polar surface area (TPSA) is 99.7 Å². The third-order valence-corrected chi connectivity index (χ3v) is 5.54. The van der Waals surface area contributed by atoms with Gasteiger partial charge in [-0.1, -0.05) is 0 Å². The van der Waals surface area contributed by atoms with Gasteiger partial charge >= 0.3 is 12.1 Å². The molecule has 138 valence electrons. The minimum atomic E-state index is -1.14. The number of ether oxygens (including phenoxy) is 2. The largest absolute Gasteiger partial charge is 0.497 e. The highest BCUT2D eigenvalue weighted by atomic mass is 16.6. The molecule has 0 aliphatic carbocycles. The number of aromatic nitrogens is 2. The minimum Gasteiger partial charge on any atom is -0.497 e. The molecule has 5 rings (SSSR count). The van der Waals surface area contributed by atoms with Crippen LogP contribution in [-0.4, -0.2) is 53.5 Å². The maximum Gasteiger partial charge on any atom is 0.412 e. The molecule has 4 heterocycles. The number of amides is 1. The summed E-state index contributed by atoms with van der Waals surface area (Å²) in [7, 11) is 1.59. The van der Waals surface area contributed by atoms with Crippen LogP contribution in [0, 0.1) is 11.8 Å². The van der Waals surface area contributed by atoms with Gasteiger partial charge < -0.3 is 20.1 Å². The first-order valence-corrected chi connectivity index (χ1v) is 8.83. The highest BCUT2D eigenvalue weighted by Gasteiger charge is 2.35. The first-order valence-electron chi connectivity index (χ1n) is 8.83. The predicted molar refractivity (Wildman–Crippen MR) is 93.9 cm³/mol. The van der Waals surface area contributed by atoms with Crippen LogP contribution in [0.3, 0.4) is 0 Å². The lowest BCUT2D eigenvalue weighted by atomic mass is 9.79. The highest BCUT2D eigenvalue weighted by Crippen LogP contribution is 2.34. The molecule has 2 bridgehead atoms. The molecule has 3 saturated heterocycles. The zero-order valence-electron chi connectivity index (χ0n) is 14.7. The summed E-state index contributed by atoms with van der Waals surface area (Å²) in [6.45, 7) is 4.11. The maximum absolute atomic E-state index is 12.2. The molecule has 0 saturated carbocycles. The van der Waals surface area contributed by atoms with E-state index in [-0.39, 0.29) is 5.69 Å². The number of fused-ring (bicyclic) bond motifs is 4. The molecule has 2 aromatic rings. The van der Waals surface area contributed by atoms with Crippen LogP contribution in [0.15, 0.2) is 18.2 Å². The molecule has 8 nitrogen and oxygen atoms in total. The lowest BCUT2D eigenvalue weighted by Gasteiger charge is -2.44. The van der Waals surface area contributed by atoms with Crippen molar-refractivity contribution >= 4 is 23.0 Å². The summed E-state index contributed by atoms with van der Waals surface area (Å²) in [4.78, 5) is 25.7. The van der Waals surface area contributed by atoms with Gasteiger partial charge in [0.1, 0.15) is 5.75 Å². The van der Waals surface area contributed by atoms with E-state index in [0.717, 1.165) is 12.1 Å². The number of hydrogen-bond acceptors (Lipinski definition) is 6. The van der Waals surface area contributed by atoms with E-state index in [4.69, 9.17) is 10.5 Å². The number of esters is 1. The molecular formula is C18H22N4O4. The number of benzene rings is 1. The van der Waals surface area contributed by atoms with Crippen molar-refractivity contribution in [1.82, 2.24) is 14.7 Å². The Morgan fingerprint density at radius 3 is 2.69 bits per heavy atom. The number of piperidine rings is 3. The normalized spacial score (nSPS) is 24.6. The van der Waals surface area contributed by atoms with Gasteiger partial charge in [-0.3, -0.25) is 4.68 Å². The van der Waals surface area contributed by atoms with Crippen LogP contribution in [0.4, 0.5) is 4.79 Å². The fourth-order valence-electron chi connectivity index (χ4n) is 4.23. The van der Waals surface area contributed by atoms with Crippen LogP contribution in [0.5, 0.6) is 5.75 Å². The van der Waals surface area contributed by atoms with Gasteiger partial charge in [0.15, 0.2) is 5.69 Å². The third-order valence-electron chi connectivity index (χ3n) is 5.54. The summed E-state index contributed by atoms with van der Waals surface area (Å²) in [6, 6.07) is 5.36. The zero-order valence-corrected chi connectivity index (χ0v) is 14.7. The summed E-state index contributed by atoms with van der Waals surface area (Å²) in [6.07, 6.45) is 1.29. The molecule has 3 aliphatic rings. The van der Waals surface area contributed by atoms with Crippen molar-refractivity contribution in [2.75, 3.05) is 26.7 Å². The number of methoxy groups -OCH3 is 1. The molecule has 0 spiro atoms. The van der Waals surface area contributed by atoms with E-state index in [1.807, 2.05) is 10.7 Å². The van der Waals surface area contributed by atoms with E-state index in [0.29, 0.717) is 29.5 Å². The number of nitrogens with zero attached hydrogens (tertiary/aromatic N) is 3. The van der Waals surface area contributed by atoms with E-state index < -0.39 is 12.1 Å². The zero-order chi connectivity index (χ0) is 18.3. The molecule has 26 heavy (non-hydrogen) atoms. The summed E-state index contributed by atoms with van der Waals surface area (Å²) >= 11 is 0. The Labute approximate surface area is 150 Å². The van der Waals surface area contributed by atoms with Gasteiger partial charge in [-0.05, 0) is 49.9 Å². The first kappa shape index (κ1) is 16.8. The summed E-state index contributed by atoms with van der Waals surface area (Å²) in [5, 5.41) is 5.08. The van der Waals surface area contributed by atoms with Crippen molar-refractivity contribution in [3.05, 3.63) is 23.9 Å². The van der Waals surface area contributed by atoms with E-state index in [9.17, 15) is 9.59 Å². The molecular weight excluding hydrogens is 336 g/mol. The Morgan fingerprint density at radius 2 is 2.08 bits per heavy atom. The van der Waals surface area contributed by atoms with Crippen molar-refractivity contribution in [1.29, 1.82) is 0 Å². The molecule has 3 fully saturated rings. The number of rotatable bonds is 4. The average molecular weight is 358 g/mol. The fraction of sp³-hybridized carbons (Fsp3) is 0.500.